The Balaban J connectivity index is 2.74. The second-order valence-corrected chi connectivity index (χ2v) is 1.69. The molecule has 1 rings (SSSR count). The normalized spacial score (nSPS) is 26.6. The van der Waals surface area contributed by atoms with Crippen LogP contribution in [-0.4, -0.2) is 11.3 Å². The average Bonchev–Trinajstić information content (AvgIpc) is 1.77. The lowest BCUT2D eigenvalue weighted by atomic mass is 10.6. The zero-order valence-electron chi connectivity index (χ0n) is 4.00. The van der Waals surface area contributed by atoms with E-state index in [9.17, 15) is 5.21 Å². The summed E-state index contributed by atoms with van der Waals surface area (Å²) in [5.41, 5.74) is 0. The lowest BCUT2D eigenvalue weighted by molar-refractivity contribution is -0.682. The third-order valence-electron chi connectivity index (χ3n) is 0.736. The molecule has 0 aromatic heterocycles. The molecule has 0 aromatic carbocycles. The highest BCUT2D eigenvalue weighted by molar-refractivity contribution is 7.79. The topological polar surface area (TPSA) is 39.9 Å². The predicted molar refractivity (Wildman–Crippen MR) is 34.6 cm³/mol. The number of allylic oxidation sites excluding steroid dienone is 1. The number of quaternary nitrogens is 1. The van der Waals surface area contributed by atoms with Gasteiger partial charge in [0.25, 0.3) is 5.11 Å². The summed E-state index contributed by atoms with van der Waals surface area (Å²) in [5, 5.41) is 10.4. The highest BCUT2D eigenvalue weighted by atomic mass is 32.1. The van der Waals surface area contributed by atoms with Gasteiger partial charge in [0.2, 0.25) is 0 Å². The Hall–Kier alpha value is -0.580. The number of nitrogens with one attached hydrogen (secondary N) is 1. The molecular weight excluding hydrogens is 124 g/mol. The second kappa shape index (κ2) is 2.13. The van der Waals surface area contributed by atoms with E-state index in [1.807, 2.05) is 0 Å². The maximum Gasteiger partial charge on any atom is 0.299 e. The fourth-order valence-corrected chi connectivity index (χ4v) is 0.505. The molecule has 3 nitrogen and oxygen atoms in total. The van der Waals surface area contributed by atoms with Crippen LogP contribution in [-0.2, 0) is 0 Å². The zero-order chi connectivity index (χ0) is 5.98. The Morgan fingerprint density at radius 1 is 1.75 bits per heavy atom. The first-order valence-corrected chi connectivity index (χ1v) is 2.50. The lowest BCUT2D eigenvalue weighted by Crippen LogP contribution is -3.05. The summed E-state index contributed by atoms with van der Waals surface area (Å²) >= 11 is 4.53. The lowest BCUT2D eigenvalue weighted by Gasteiger charge is -2.14. The first-order valence-electron chi connectivity index (χ1n) is 2.10. The van der Waals surface area contributed by atoms with Gasteiger partial charge in [-0.1, -0.05) is 0 Å². The maximum absolute atomic E-state index is 10.5. The molecule has 42 valence electrons. The molecule has 0 saturated carbocycles. The van der Waals surface area contributed by atoms with E-state index in [2.05, 4.69) is 17.2 Å². The van der Waals surface area contributed by atoms with Gasteiger partial charge in [-0.15, -0.1) is 0 Å². The molecule has 4 heteroatoms. The SMILES string of the molecule is [O-][NH+]1C=CC=NC1=S. The smallest absolute Gasteiger partial charge is 0.299 e. The molecule has 0 radical (unpaired) electrons. The summed E-state index contributed by atoms with van der Waals surface area (Å²) in [5.74, 6) is 0. The second-order valence-electron chi connectivity index (χ2n) is 1.31. The Morgan fingerprint density at radius 2 is 2.50 bits per heavy atom. The van der Waals surface area contributed by atoms with E-state index in [0.717, 1.165) is 0 Å². The first-order chi connectivity index (χ1) is 3.80. The van der Waals surface area contributed by atoms with Gasteiger partial charge in [-0.05, 0) is 0 Å². The molecule has 0 saturated heterocycles. The average molecular weight is 128 g/mol. The molecule has 0 fully saturated rings. The Labute approximate surface area is 51.9 Å². The van der Waals surface area contributed by atoms with Crippen LogP contribution in [0, 0.1) is 5.21 Å². The van der Waals surface area contributed by atoms with Crippen molar-refractivity contribution in [2.75, 3.05) is 0 Å². The fraction of sp³-hybridized carbons (Fsp3) is 0. The van der Waals surface area contributed by atoms with Crippen molar-refractivity contribution in [2.24, 2.45) is 4.99 Å². The van der Waals surface area contributed by atoms with Crippen LogP contribution in [0.2, 0.25) is 0 Å². The molecule has 1 aliphatic heterocycles. The van der Waals surface area contributed by atoms with E-state index in [4.69, 9.17) is 0 Å². The van der Waals surface area contributed by atoms with Gasteiger partial charge in [-0.3, -0.25) is 5.06 Å². The van der Waals surface area contributed by atoms with Gasteiger partial charge < -0.3 is 5.21 Å². The number of thiocarbonyl (C=S) groups is 1. The molecule has 0 aromatic rings. The number of nitrogens with zero attached hydrogens (tertiary/aromatic N) is 1. The number of hydrogen-bond acceptors (Lipinski definition) is 2. The van der Waals surface area contributed by atoms with Crippen LogP contribution in [0.25, 0.3) is 0 Å². The summed E-state index contributed by atoms with van der Waals surface area (Å²) in [7, 11) is 0. The number of hydroxylamine groups is 2. The minimum atomic E-state index is -0.178. The van der Waals surface area contributed by atoms with Crippen molar-refractivity contribution in [3.63, 3.8) is 0 Å². The van der Waals surface area contributed by atoms with Gasteiger partial charge in [0, 0.05) is 24.5 Å². The zero-order valence-corrected chi connectivity index (χ0v) is 4.81. The monoisotopic (exact) mass is 128 g/mol. The minimum absolute atomic E-state index is 0.146. The summed E-state index contributed by atoms with van der Waals surface area (Å²) in [6.07, 6.45) is 4.47. The standard InChI is InChI=1S/C4H4N2OS/c7-6-3-1-2-5-4(6)8/h1-3,6H. The van der Waals surface area contributed by atoms with Crippen LogP contribution in [0.4, 0.5) is 0 Å². The molecule has 1 N–H and O–H groups in total. The van der Waals surface area contributed by atoms with E-state index in [1.165, 1.54) is 12.4 Å². The molecule has 0 aliphatic carbocycles. The van der Waals surface area contributed by atoms with Crippen molar-refractivity contribution in [3.8, 4) is 0 Å². The minimum Gasteiger partial charge on any atom is -0.622 e. The third-order valence-corrected chi connectivity index (χ3v) is 1.04. The van der Waals surface area contributed by atoms with Crippen molar-refractivity contribution in [3.05, 3.63) is 17.5 Å². The predicted octanol–water partition coefficient (Wildman–Crippen LogP) is -0.748. The van der Waals surface area contributed by atoms with Gasteiger partial charge in [-0.25, -0.2) is 0 Å². The molecule has 0 amide bonds. The Kier molecular flexibility index (Phi) is 1.48. The van der Waals surface area contributed by atoms with Crippen molar-refractivity contribution in [1.82, 2.24) is 0 Å². The van der Waals surface area contributed by atoms with Crippen molar-refractivity contribution in [1.29, 1.82) is 0 Å². The quantitative estimate of drug-likeness (QED) is 0.344. The largest absolute Gasteiger partial charge is 0.622 e. The third kappa shape index (κ3) is 0.975. The van der Waals surface area contributed by atoms with Crippen LogP contribution >= 0.6 is 12.2 Å². The summed E-state index contributed by atoms with van der Waals surface area (Å²) < 4.78 is 0. The summed E-state index contributed by atoms with van der Waals surface area (Å²) in [6, 6.07) is 0. The van der Waals surface area contributed by atoms with Crippen LogP contribution in [0.5, 0.6) is 0 Å². The van der Waals surface area contributed by atoms with Crippen LogP contribution in [0.1, 0.15) is 0 Å². The number of rotatable bonds is 0. The highest BCUT2D eigenvalue weighted by Crippen LogP contribution is 1.73. The van der Waals surface area contributed by atoms with Gasteiger partial charge in [-0.2, -0.15) is 4.99 Å². The number of aliphatic imine (C=N–C) groups is 1. The van der Waals surface area contributed by atoms with Gasteiger partial charge in [0.15, 0.2) is 0 Å². The highest BCUT2D eigenvalue weighted by Gasteiger charge is 2.00. The van der Waals surface area contributed by atoms with Crippen LogP contribution < -0.4 is 5.06 Å². The maximum atomic E-state index is 10.5. The van der Waals surface area contributed by atoms with Crippen molar-refractivity contribution >= 4 is 23.5 Å². The van der Waals surface area contributed by atoms with E-state index < -0.39 is 0 Å². The van der Waals surface area contributed by atoms with E-state index in [-0.39, 0.29) is 10.2 Å². The van der Waals surface area contributed by atoms with Crippen molar-refractivity contribution in [2.45, 2.75) is 0 Å². The Bertz CT molecular complexity index is 163. The van der Waals surface area contributed by atoms with Crippen molar-refractivity contribution < 1.29 is 5.06 Å². The number of hydrogen-bond donors (Lipinski definition) is 1. The van der Waals surface area contributed by atoms with E-state index in [1.54, 1.807) is 6.08 Å². The molecule has 0 spiro atoms. The molecular formula is C4H4N2OS. The molecule has 0 bridgehead atoms. The Morgan fingerprint density at radius 3 is 2.88 bits per heavy atom. The molecule has 1 aliphatic rings. The summed E-state index contributed by atoms with van der Waals surface area (Å²) in [6.45, 7) is 0. The first kappa shape index (κ1) is 5.55. The van der Waals surface area contributed by atoms with Crippen LogP contribution in [0.15, 0.2) is 17.3 Å². The molecule has 1 atom stereocenters. The molecule has 1 heterocycles. The summed E-state index contributed by atoms with van der Waals surface area (Å²) in [4.78, 5) is 3.58. The molecule has 1 unspecified atom stereocenters. The van der Waals surface area contributed by atoms with E-state index in [0.29, 0.717) is 0 Å². The van der Waals surface area contributed by atoms with Gasteiger partial charge >= 0.3 is 0 Å². The van der Waals surface area contributed by atoms with Crippen LogP contribution in [0.3, 0.4) is 0 Å². The molecule has 8 heavy (non-hydrogen) atoms. The van der Waals surface area contributed by atoms with Gasteiger partial charge in [0.05, 0.1) is 0 Å². The van der Waals surface area contributed by atoms with Gasteiger partial charge in [0.1, 0.15) is 6.20 Å². The fourth-order valence-electron chi connectivity index (χ4n) is 0.376. The van der Waals surface area contributed by atoms with E-state index >= 15 is 0 Å².